The molecule has 3 rings (SSSR count). The number of rotatable bonds is 16. The molecule has 0 unspecified atom stereocenters. The van der Waals surface area contributed by atoms with Crippen molar-refractivity contribution in [1.82, 2.24) is 28.9 Å². The van der Waals surface area contributed by atoms with Crippen LogP contribution in [-0.4, -0.2) is 88.5 Å². The molecule has 1 fully saturated rings. The summed E-state index contributed by atoms with van der Waals surface area (Å²) in [5.41, 5.74) is 0. The molecule has 230 valence electrons. The summed E-state index contributed by atoms with van der Waals surface area (Å²) in [7, 11) is -2.37. The van der Waals surface area contributed by atoms with E-state index in [1.165, 1.54) is 4.90 Å². The molecule has 0 radical (unpaired) electrons. The molecule has 3 heterocycles. The van der Waals surface area contributed by atoms with E-state index in [2.05, 4.69) is 49.3 Å². The highest BCUT2D eigenvalue weighted by Gasteiger charge is 2.27. The summed E-state index contributed by atoms with van der Waals surface area (Å²) in [6.07, 6.45) is 8.12. The van der Waals surface area contributed by atoms with Crippen molar-refractivity contribution < 1.29 is 24.2 Å². The van der Waals surface area contributed by atoms with E-state index in [-0.39, 0.29) is 11.8 Å². The number of amides is 2. The number of hydrogen-bond donors (Lipinski definition) is 1. The summed E-state index contributed by atoms with van der Waals surface area (Å²) >= 11 is 0. The Morgan fingerprint density at radius 2 is 1.34 bits per heavy atom. The Labute approximate surface area is 246 Å². The number of carbonyl (C=O) groups is 2. The van der Waals surface area contributed by atoms with Crippen molar-refractivity contribution in [3.63, 3.8) is 0 Å². The van der Waals surface area contributed by atoms with Gasteiger partial charge in [-0.3, -0.25) is 4.79 Å². The third kappa shape index (κ3) is 11.7. The van der Waals surface area contributed by atoms with Crippen molar-refractivity contribution in [2.45, 2.75) is 97.2 Å². The molecule has 0 bridgehead atoms. The van der Waals surface area contributed by atoms with Gasteiger partial charge < -0.3 is 33.5 Å². The summed E-state index contributed by atoms with van der Waals surface area (Å²) in [6.45, 7) is 17.8. The largest absolute Gasteiger partial charge is 0.465 e. The van der Waals surface area contributed by atoms with E-state index in [1.807, 2.05) is 26.4 Å². The summed E-state index contributed by atoms with van der Waals surface area (Å²) in [5, 5.41) is 9.28. The van der Waals surface area contributed by atoms with Crippen molar-refractivity contribution in [2.24, 2.45) is 5.92 Å². The maximum Gasteiger partial charge on any atom is 0.407 e. The molecule has 2 amide bonds. The lowest BCUT2D eigenvalue weighted by atomic mass is 9.93. The van der Waals surface area contributed by atoms with Gasteiger partial charge in [0.2, 0.25) is 5.91 Å². The molecule has 2 aromatic rings. The summed E-state index contributed by atoms with van der Waals surface area (Å²) in [4.78, 5) is 37.4. The molecular formula is C28H50N6O5Si2. The zero-order valence-electron chi connectivity index (χ0n) is 25.8. The van der Waals surface area contributed by atoms with Gasteiger partial charge in [-0.05, 0) is 30.8 Å². The molecule has 0 aliphatic carbocycles. The Kier molecular flexibility index (Phi) is 12.2. The van der Waals surface area contributed by atoms with Crippen molar-refractivity contribution >= 4 is 28.1 Å². The minimum atomic E-state index is -1.19. The van der Waals surface area contributed by atoms with Gasteiger partial charge in [0.1, 0.15) is 25.1 Å². The van der Waals surface area contributed by atoms with Crippen LogP contribution in [0.2, 0.25) is 51.4 Å². The minimum absolute atomic E-state index is 0.0159. The average molecular weight is 607 g/mol. The van der Waals surface area contributed by atoms with Crippen LogP contribution in [0.15, 0.2) is 24.8 Å². The number of likely N-dealkylation sites (tertiary alicyclic amines) is 1. The maximum atomic E-state index is 13.7. The fourth-order valence-corrected chi connectivity index (χ4v) is 6.09. The second-order valence-electron chi connectivity index (χ2n) is 13.5. The van der Waals surface area contributed by atoms with Gasteiger partial charge in [0.25, 0.3) is 0 Å². The van der Waals surface area contributed by atoms with E-state index in [0.29, 0.717) is 72.1 Å². The Hall–Kier alpha value is -2.49. The normalized spacial score (nSPS) is 14.9. The summed E-state index contributed by atoms with van der Waals surface area (Å²) < 4.78 is 15.8. The summed E-state index contributed by atoms with van der Waals surface area (Å²) in [6, 6.07) is 2.18. The van der Waals surface area contributed by atoms with Crippen molar-refractivity contribution in [1.29, 1.82) is 0 Å². The Bertz CT molecular complexity index is 1040. The van der Waals surface area contributed by atoms with E-state index >= 15 is 0 Å². The zero-order chi connectivity index (χ0) is 30.0. The van der Waals surface area contributed by atoms with E-state index in [0.717, 1.165) is 23.7 Å². The second kappa shape index (κ2) is 15.1. The van der Waals surface area contributed by atoms with Gasteiger partial charge >= 0.3 is 6.09 Å². The quantitative estimate of drug-likeness (QED) is 0.211. The fourth-order valence-electron chi connectivity index (χ4n) is 4.58. The lowest BCUT2D eigenvalue weighted by Crippen LogP contribution is -2.39. The zero-order valence-corrected chi connectivity index (χ0v) is 27.8. The number of carbonyl (C=O) groups excluding carboxylic acids is 1. The number of nitrogens with zero attached hydrogens (tertiary/aromatic N) is 6. The molecule has 0 saturated carbocycles. The number of imidazole rings is 2. The van der Waals surface area contributed by atoms with Crippen LogP contribution in [0, 0.1) is 5.92 Å². The number of piperidine rings is 1. The molecule has 1 saturated heterocycles. The Morgan fingerprint density at radius 1 is 0.878 bits per heavy atom. The van der Waals surface area contributed by atoms with Gasteiger partial charge in [-0.1, -0.05) is 39.3 Å². The lowest BCUT2D eigenvalue weighted by Gasteiger charge is -2.31. The third-order valence-electron chi connectivity index (χ3n) is 7.42. The van der Waals surface area contributed by atoms with E-state index in [4.69, 9.17) is 9.47 Å². The molecule has 11 nitrogen and oxygen atoms in total. The molecule has 1 aliphatic heterocycles. The van der Waals surface area contributed by atoms with Crippen LogP contribution in [0.25, 0.3) is 0 Å². The number of ether oxygens (including phenoxy) is 2. The first kappa shape index (κ1) is 33.0. The van der Waals surface area contributed by atoms with Crippen molar-refractivity contribution in [3.8, 4) is 0 Å². The van der Waals surface area contributed by atoms with Crippen molar-refractivity contribution in [2.75, 3.05) is 26.3 Å². The van der Waals surface area contributed by atoms with Gasteiger partial charge in [-0.2, -0.15) is 0 Å². The molecule has 1 N–H and O–H groups in total. The molecule has 0 atom stereocenters. The Balaban J connectivity index is 1.68. The van der Waals surface area contributed by atoms with Crippen LogP contribution in [0.4, 0.5) is 4.79 Å². The highest BCUT2D eigenvalue weighted by Crippen LogP contribution is 2.23. The summed E-state index contributed by atoms with van der Waals surface area (Å²) in [5.74, 6) is 1.69. The van der Waals surface area contributed by atoms with Gasteiger partial charge in [-0.25, -0.2) is 14.8 Å². The molecular weight excluding hydrogens is 557 g/mol. The SMILES string of the molecule is C[Si](C)(C)CCOCn1ccnc1CN(Cc1nccn1COCC[Si](C)(C)C)C(=O)CC1CCN(C(=O)O)CC1. The van der Waals surface area contributed by atoms with Crippen molar-refractivity contribution in [3.05, 3.63) is 36.4 Å². The predicted octanol–water partition coefficient (Wildman–Crippen LogP) is 5.01. The molecule has 0 spiro atoms. The van der Waals surface area contributed by atoms with Crippen LogP contribution >= 0.6 is 0 Å². The monoisotopic (exact) mass is 606 g/mol. The fraction of sp³-hybridized carbons (Fsp3) is 0.714. The predicted molar refractivity (Wildman–Crippen MR) is 164 cm³/mol. The highest BCUT2D eigenvalue weighted by molar-refractivity contribution is 6.76. The molecule has 41 heavy (non-hydrogen) atoms. The van der Waals surface area contributed by atoms with Crippen LogP contribution in [0.3, 0.4) is 0 Å². The molecule has 1 aliphatic rings. The van der Waals surface area contributed by atoms with Crippen LogP contribution in [-0.2, 0) is 40.8 Å². The average Bonchev–Trinajstić information content (AvgIpc) is 3.52. The van der Waals surface area contributed by atoms with E-state index in [1.54, 1.807) is 12.4 Å². The van der Waals surface area contributed by atoms with Crippen LogP contribution in [0.5, 0.6) is 0 Å². The van der Waals surface area contributed by atoms with Crippen LogP contribution < -0.4 is 0 Å². The van der Waals surface area contributed by atoms with Gasteiger partial charge in [0, 0.05) is 73.7 Å². The third-order valence-corrected chi connectivity index (χ3v) is 10.8. The first-order valence-corrected chi connectivity index (χ1v) is 22.1. The topological polar surface area (TPSA) is 115 Å². The minimum Gasteiger partial charge on any atom is -0.465 e. The number of carboxylic acid groups (broad SMARTS) is 1. The van der Waals surface area contributed by atoms with Gasteiger partial charge in [-0.15, -0.1) is 0 Å². The number of aromatic nitrogens is 4. The van der Waals surface area contributed by atoms with Gasteiger partial charge in [0.15, 0.2) is 0 Å². The standard InChI is InChI=1S/C28H50N6O5Si2/c1-40(2,3)17-15-38-22-32-13-9-29-25(32)20-34(27(35)19-24-7-11-31(12-8-24)28(36)37)21-26-30-10-14-33(26)23-39-16-18-41(4,5)6/h9-10,13-14,24H,7-8,11-12,15-23H2,1-6H3,(H,36,37). The highest BCUT2D eigenvalue weighted by atomic mass is 28.3. The first-order valence-electron chi connectivity index (χ1n) is 14.7. The second-order valence-corrected chi connectivity index (χ2v) is 24.7. The molecule has 2 aromatic heterocycles. The molecule has 13 heteroatoms. The van der Waals surface area contributed by atoms with E-state index < -0.39 is 22.2 Å². The molecule has 0 aromatic carbocycles. The van der Waals surface area contributed by atoms with E-state index in [9.17, 15) is 14.7 Å². The Morgan fingerprint density at radius 3 is 1.76 bits per heavy atom. The first-order chi connectivity index (χ1) is 19.3. The lowest BCUT2D eigenvalue weighted by molar-refractivity contribution is -0.134. The smallest absolute Gasteiger partial charge is 0.407 e. The number of hydrogen-bond acceptors (Lipinski definition) is 6. The van der Waals surface area contributed by atoms with Gasteiger partial charge in [0.05, 0.1) is 13.1 Å². The van der Waals surface area contributed by atoms with Crippen LogP contribution in [0.1, 0.15) is 30.9 Å². The maximum absolute atomic E-state index is 13.7.